The van der Waals surface area contributed by atoms with Gasteiger partial charge in [0.15, 0.2) is 9.84 Å². The van der Waals surface area contributed by atoms with Crippen LogP contribution in [-0.4, -0.2) is 27.2 Å². The summed E-state index contributed by atoms with van der Waals surface area (Å²) in [6.45, 7) is 3.45. The number of nitrogens with one attached hydrogen (secondary N) is 1. The van der Waals surface area contributed by atoms with Gasteiger partial charge >= 0.3 is 0 Å². The minimum absolute atomic E-state index is 0.0452. The minimum atomic E-state index is -3.25. The Bertz CT molecular complexity index is 1110. The number of hydrogen-bond donors (Lipinski definition) is 1. The summed E-state index contributed by atoms with van der Waals surface area (Å²) in [5.74, 6) is 0.327. The minimum Gasteiger partial charge on any atom is -0.497 e. The van der Waals surface area contributed by atoms with Crippen LogP contribution < -0.4 is 10.1 Å². The fraction of sp³-hybridized carbons (Fsp3) is 0.227. The number of benzene rings is 3. The highest BCUT2D eigenvalue weighted by Gasteiger charge is 2.17. The number of fused-ring (bicyclic) bond motifs is 1. The Kier molecular flexibility index (Phi) is 5.70. The Balaban J connectivity index is 1.76. The third-order valence-corrected chi connectivity index (χ3v) is 6.58. The number of hydrogen-bond acceptors (Lipinski definition) is 4. The molecular weight excluding hydrogens is 374 g/mol. The number of anilines is 1. The Hall–Kier alpha value is -2.86. The zero-order valence-electron chi connectivity index (χ0n) is 16.1. The summed E-state index contributed by atoms with van der Waals surface area (Å²) >= 11 is 0. The van der Waals surface area contributed by atoms with E-state index in [1.165, 1.54) is 12.1 Å². The van der Waals surface area contributed by atoms with Gasteiger partial charge in [0.25, 0.3) is 0 Å². The van der Waals surface area contributed by atoms with Gasteiger partial charge in [-0.05, 0) is 59.7 Å². The van der Waals surface area contributed by atoms with Crippen molar-refractivity contribution in [3.63, 3.8) is 0 Å². The van der Waals surface area contributed by atoms with Crippen LogP contribution in [-0.2, 0) is 14.6 Å². The molecule has 1 N–H and O–H groups in total. The quantitative estimate of drug-likeness (QED) is 0.670. The summed E-state index contributed by atoms with van der Waals surface area (Å²) in [5.41, 5.74) is 1.47. The molecule has 0 heterocycles. The second-order valence-electron chi connectivity index (χ2n) is 6.61. The number of rotatable bonds is 6. The molecule has 3 rings (SSSR count). The zero-order chi connectivity index (χ0) is 20.3. The first-order valence-corrected chi connectivity index (χ1v) is 10.7. The molecule has 0 saturated heterocycles. The topological polar surface area (TPSA) is 72.5 Å². The average Bonchev–Trinajstić information content (AvgIpc) is 2.72. The molecular formula is C22H23NO4S. The van der Waals surface area contributed by atoms with Crippen molar-refractivity contribution in [3.05, 3.63) is 66.2 Å². The van der Waals surface area contributed by atoms with Gasteiger partial charge in [0, 0.05) is 5.69 Å². The van der Waals surface area contributed by atoms with Crippen molar-refractivity contribution in [2.45, 2.75) is 24.7 Å². The average molecular weight is 397 g/mol. The molecule has 28 heavy (non-hydrogen) atoms. The fourth-order valence-corrected chi connectivity index (χ4v) is 3.84. The Morgan fingerprint density at radius 1 is 1.00 bits per heavy atom. The number of ether oxygens (including phenoxy) is 1. The Morgan fingerprint density at radius 3 is 2.29 bits per heavy atom. The predicted molar refractivity (Wildman–Crippen MR) is 112 cm³/mol. The summed E-state index contributed by atoms with van der Waals surface area (Å²) in [6.07, 6.45) is 0. The molecule has 0 bridgehead atoms. The van der Waals surface area contributed by atoms with E-state index < -0.39 is 9.84 Å². The van der Waals surface area contributed by atoms with E-state index in [0.717, 1.165) is 22.1 Å². The molecule has 1 amide bonds. The van der Waals surface area contributed by atoms with Crippen LogP contribution in [0.5, 0.6) is 5.75 Å². The van der Waals surface area contributed by atoms with Crippen LogP contribution in [0, 0.1) is 0 Å². The van der Waals surface area contributed by atoms with Gasteiger partial charge in [0.2, 0.25) is 5.91 Å². The van der Waals surface area contributed by atoms with Gasteiger partial charge in [-0.2, -0.15) is 0 Å². The monoisotopic (exact) mass is 397 g/mol. The smallest absolute Gasteiger partial charge is 0.231 e. The Morgan fingerprint density at radius 2 is 1.64 bits per heavy atom. The molecule has 0 aliphatic heterocycles. The van der Waals surface area contributed by atoms with Crippen LogP contribution in [0.1, 0.15) is 25.3 Å². The van der Waals surface area contributed by atoms with Crippen LogP contribution in [0.2, 0.25) is 0 Å². The van der Waals surface area contributed by atoms with Gasteiger partial charge in [0.05, 0.1) is 23.7 Å². The van der Waals surface area contributed by atoms with E-state index in [9.17, 15) is 13.2 Å². The number of carbonyl (C=O) groups is 1. The van der Waals surface area contributed by atoms with Crippen LogP contribution in [0.15, 0.2) is 65.6 Å². The predicted octanol–water partition coefficient (Wildman–Crippen LogP) is 4.38. The first-order valence-electron chi connectivity index (χ1n) is 9.05. The third-order valence-electron chi connectivity index (χ3n) is 4.83. The van der Waals surface area contributed by atoms with Gasteiger partial charge in [-0.25, -0.2) is 8.42 Å². The molecule has 6 heteroatoms. The lowest BCUT2D eigenvalue weighted by Gasteiger charge is -2.14. The molecule has 1 atom stereocenters. The molecule has 3 aromatic rings. The summed E-state index contributed by atoms with van der Waals surface area (Å²) in [4.78, 5) is 12.9. The van der Waals surface area contributed by atoms with Crippen molar-refractivity contribution in [2.24, 2.45) is 0 Å². The molecule has 0 fully saturated rings. The van der Waals surface area contributed by atoms with E-state index in [2.05, 4.69) is 5.32 Å². The molecule has 0 aromatic heterocycles. The second-order valence-corrected chi connectivity index (χ2v) is 8.89. The Labute approximate surface area is 165 Å². The van der Waals surface area contributed by atoms with Crippen LogP contribution in [0.25, 0.3) is 10.8 Å². The molecule has 0 unspecified atom stereocenters. The molecule has 0 aliphatic carbocycles. The highest BCUT2D eigenvalue weighted by atomic mass is 32.2. The van der Waals surface area contributed by atoms with Crippen molar-refractivity contribution in [3.8, 4) is 5.75 Å². The number of sulfone groups is 1. The van der Waals surface area contributed by atoms with Gasteiger partial charge in [-0.1, -0.05) is 31.2 Å². The van der Waals surface area contributed by atoms with Gasteiger partial charge in [0.1, 0.15) is 5.75 Å². The zero-order valence-corrected chi connectivity index (χ0v) is 16.9. The highest BCUT2D eigenvalue weighted by Crippen LogP contribution is 2.26. The van der Waals surface area contributed by atoms with E-state index in [0.29, 0.717) is 5.69 Å². The fourth-order valence-electron chi connectivity index (χ4n) is 2.95. The maximum absolute atomic E-state index is 12.6. The summed E-state index contributed by atoms with van der Waals surface area (Å²) in [6, 6.07) is 18.0. The van der Waals surface area contributed by atoms with Crippen molar-refractivity contribution in [1.82, 2.24) is 0 Å². The molecule has 0 aliphatic rings. The van der Waals surface area contributed by atoms with E-state index in [4.69, 9.17) is 4.74 Å². The molecule has 0 radical (unpaired) electrons. The van der Waals surface area contributed by atoms with E-state index >= 15 is 0 Å². The van der Waals surface area contributed by atoms with Crippen molar-refractivity contribution < 1.29 is 17.9 Å². The highest BCUT2D eigenvalue weighted by molar-refractivity contribution is 7.91. The summed E-state index contributed by atoms with van der Waals surface area (Å²) in [5, 5.41) is 4.93. The normalized spacial score (nSPS) is 12.5. The largest absolute Gasteiger partial charge is 0.497 e. The van der Waals surface area contributed by atoms with Crippen molar-refractivity contribution in [1.29, 1.82) is 0 Å². The molecule has 0 spiro atoms. The maximum atomic E-state index is 12.6. The summed E-state index contributed by atoms with van der Waals surface area (Å²) < 4.78 is 29.0. The lowest BCUT2D eigenvalue weighted by molar-refractivity contribution is -0.117. The number of amides is 1. The van der Waals surface area contributed by atoms with E-state index in [-0.39, 0.29) is 22.5 Å². The van der Waals surface area contributed by atoms with Crippen molar-refractivity contribution >= 4 is 32.2 Å². The number of methoxy groups -OCH3 is 1. The van der Waals surface area contributed by atoms with Gasteiger partial charge < -0.3 is 10.1 Å². The lowest BCUT2D eigenvalue weighted by Crippen LogP contribution is -2.18. The SMILES string of the molecule is CCS(=O)(=O)c1ccc(NC(=O)[C@@H](C)c2ccc3cc(OC)ccc3c2)cc1. The molecule has 146 valence electrons. The standard InChI is InChI=1S/C22H23NO4S/c1-4-28(25,26)21-11-8-19(9-12-21)23-22(24)15(2)16-5-6-18-14-20(27-3)10-7-17(18)13-16/h5-15H,4H2,1-3H3,(H,23,24)/t15-/m0/s1. The van der Waals surface area contributed by atoms with Gasteiger partial charge in [-0.3, -0.25) is 4.79 Å². The molecule has 0 saturated carbocycles. The summed E-state index contributed by atoms with van der Waals surface area (Å²) in [7, 11) is -1.62. The van der Waals surface area contributed by atoms with Crippen LogP contribution in [0.4, 0.5) is 5.69 Å². The third kappa shape index (κ3) is 4.17. The van der Waals surface area contributed by atoms with E-state index in [1.54, 1.807) is 26.2 Å². The second kappa shape index (κ2) is 8.02. The van der Waals surface area contributed by atoms with Gasteiger partial charge in [-0.15, -0.1) is 0 Å². The van der Waals surface area contributed by atoms with Crippen molar-refractivity contribution in [2.75, 3.05) is 18.2 Å². The van der Waals surface area contributed by atoms with Crippen LogP contribution >= 0.6 is 0 Å². The van der Waals surface area contributed by atoms with Crippen LogP contribution in [0.3, 0.4) is 0 Å². The molecule has 3 aromatic carbocycles. The first-order chi connectivity index (χ1) is 13.3. The molecule has 5 nitrogen and oxygen atoms in total. The first kappa shape index (κ1) is 19.9. The lowest BCUT2D eigenvalue weighted by atomic mass is 9.97. The number of carbonyl (C=O) groups excluding carboxylic acids is 1. The maximum Gasteiger partial charge on any atom is 0.231 e. The van der Waals surface area contributed by atoms with E-state index in [1.807, 2.05) is 43.3 Å².